The summed E-state index contributed by atoms with van der Waals surface area (Å²) in [6.07, 6.45) is 9.56. The van der Waals surface area contributed by atoms with Gasteiger partial charge in [0.2, 0.25) is 0 Å². The zero-order valence-corrected chi connectivity index (χ0v) is 13.0. The Morgan fingerprint density at radius 3 is 2.61 bits per heavy atom. The lowest BCUT2D eigenvalue weighted by Crippen LogP contribution is -2.47. The first-order valence-corrected chi connectivity index (χ1v) is 8.11. The van der Waals surface area contributed by atoms with Crippen LogP contribution >= 0.6 is 0 Å². The van der Waals surface area contributed by atoms with E-state index in [1.54, 1.807) is 0 Å². The molecule has 0 aromatic rings. The number of nitrogens with zero attached hydrogens (tertiary/aromatic N) is 1. The Hall–Kier alpha value is -0.0800. The summed E-state index contributed by atoms with van der Waals surface area (Å²) in [5.74, 6) is 0.928. The highest BCUT2D eigenvalue weighted by molar-refractivity contribution is 4.82. The first-order chi connectivity index (χ1) is 8.69. The third-order valence-electron chi connectivity index (χ3n) is 4.49. The standard InChI is InChI=1S/C16H34N2/c1-5-8-16(13-17-11-6-2)18(4)15-10-7-9-14(3)12-15/h14-17H,5-13H2,1-4H3. The van der Waals surface area contributed by atoms with Crippen LogP contribution < -0.4 is 5.32 Å². The van der Waals surface area contributed by atoms with Crippen LogP contribution in [0.1, 0.15) is 65.7 Å². The van der Waals surface area contributed by atoms with Gasteiger partial charge in [0.25, 0.3) is 0 Å². The van der Waals surface area contributed by atoms with Crippen LogP contribution in [0.15, 0.2) is 0 Å². The van der Waals surface area contributed by atoms with Crippen molar-refractivity contribution < 1.29 is 0 Å². The summed E-state index contributed by atoms with van der Waals surface area (Å²) >= 11 is 0. The molecule has 18 heavy (non-hydrogen) atoms. The molecule has 0 saturated heterocycles. The van der Waals surface area contributed by atoms with Gasteiger partial charge in [0.1, 0.15) is 0 Å². The van der Waals surface area contributed by atoms with Crippen LogP contribution in [0.25, 0.3) is 0 Å². The molecule has 1 N–H and O–H groups in total. The maximum Gasteiger partial charge on any atom is 0.0220 e. The average molecular weight is 254 g/mol. The summed E-state index contributed by atoms with van der Waals surface area (Å²) in [5.41, 5.74) is 0. The molecule has 0 spiro atoms. The van der Waals surface area contributed by atoms with Crippen molar-refractivity contribution in [1.82, 2.24) is 10.2 Å². The molecule has 1 fully saturated rings. The molecule has 0 amide bonds. The fourth-order valence-electron chi connectivity index (χ4n) is 3.30. The molecular formula is C16H34N2. The van der Waals surface area contributed by atoms with E-state index in [0.717, 1.165) is 24.5 Å². The SMILES string of the molecule is CCCNCC(CCC)N(C)C1CCCC(C)C1. The van der Waals surface area contributed by atoms with Gasteiger partial charge in [-0.2, -0.15) is 0 Å². The second kappa shape index (κ2) is 8.92. The van der Waals surface area contributed by atoms with Crippen LogP contribution in [-0.4, -0.2) is 37.1 Å². The molecule has 1 saturated carbocycles. The summed E-state index contributed by atoms with van der Waals surface area (Å²) in [5, 5.41) is 3.61. The van der Waals surface area contributed by atoms with Crippen molar-refractivity contribution in [3.05, 3.63) is 0 Å². The fourth-order valence-corrected chi connectivity index (χ4v) is 3.30. The van der Waals surface area contributed by atoms with E-state index in [1.807, 2.05) is 0 Å². The highest BCUT2D eigenvalue weighted by Gasteiger charge is 2.26. The first-order valence-electron chi connectivity index (χ1n) is 8.11. The lowest BCUT2D eigenvalue weighted by atomic mass is 9.85. The third-order valence-corrected chi connectivity index (χ3v) is 4.49. The minimum Gasteiger partial charge on any atom is -0.315 e. The smallest absolute Gasteiger partial charge is 0.0220 e. The van der Waals surface area contributed by atoms with Crippen molar-refractivity contribution >= 4 is 0 Å². The third kappa shape index (κ3) is 5.27. The number of nitrogens with one attached hydrogen (secondary N) is 1. The maximum atomic E-state index is 3.61. The number of likely N-dealkylation sites (N-methyl/N-ethyl adjacent to an activating group) is 1. The van der Waals surface area contributed by atoms with E-state index in [9.17, 15) is 0 Å². The molecule has 3 unspecified atom stereocenters. The van der Waals surface area contributed by atoms with Crippen molar-refractivity contribution in [2.24, 2.45) is 5.92 Å². The second-order valence-electron chi connectivity index (χ2n) is 6.24. The summed E-state index contributed by atoms with van der Waals surface area (Å²) in [7, 11) is 2.36. The highest BCUT2D eigenvalue weighted by Crippen LogP contribution is 2.28. The van der Waals surface area contributed by atoms with Gasteiger partial charge in [-0.1, -0.05) is 40.0 Å². The van der Waals surface area contributed by atoms with Gasteiger partial charge in [-0.25, -0.2) is 0 Å². The molecule has 0 radical (unpaired) electrons. The normalized spacial score (nSPS) is 26.5. The van der Waals surface area contributed by atoms with E-state index in [0.29, 0.717) is 0 Å². The van der Waals surface area contributed by atoms with Crippen LogP contribution in [0.2, 0.25) is 0 Å². The molecule has 2 nitrogen and oxygen atoms in total. The van der Waals surface area contributed by atoms with Crippen LogP contribution in [-0.2, 0) is 0 Å². The minimum atomic E-state index is 0.733. The lowest BCUT2D eigenvalue weighted by molar-refractivity contribution is 0.111. The lowest BCUT2D eigenvalue weighted by Gasteiger charge is -2.39. The van der Waals surface area contributed by atoms with E-state index in [4.69, 9.17) is 0 Å². The van der Waals surface area contributed by atoms with Crippen LogP contribution in [0.3, 0.4) is 0 Å². The topological polar surface area (TPSA) is 15.3 Å². The van der Waals surface area contributed by atoms with E-state index in [2.05, 4.69) is 38.0 Å². The van der Waals surface area contributed by atoms with Crippen molar-refractivity contribution in [2.75, 3.05) is 20.1 Å². The van der Waals surface area contributed by atoms with Crippen molar-refractivity contribution in [3.8, 4) is 0 Å². The first kappa shape index (κ1) is 16.0. The number of hydrogen-bond acceptors (Lipinski definition) is 2. The summed E-state index contributed by atoms with van der Waals surface area (Å²) in [4.78, 5) is 2.68. The minimum absolute atomic E-state index is 0.733. The fraction of sp³-hybridized carbons (Fsp3) is 1.00. The molecule has 0 aliphatic heterocycles. The molecule has 2 heteroatoms. The molecule has 0 aromatic carbocycles. The van der Waals surface area contributed by atoms with Crippen molar-refractivity contribution in [2.45, 2.75) is 77.8 Å². The number of rotatable bonds is 8. The summed E-state index contributed by atoms with van der Waals surface area (Å²) in [6, 6.07) is 1.56. The Kier molecular flexibility index (Phi) is 7.92. The zero-order valence-electron chi connectivity index (χ0n) is 13.0. The predicted molar refractivity (Wildman–Crippen MR) is 81.0 cm³/mol. The van der Waals surface area contributed by atoms with Crippen molar-refractivity contribution in [1.29, 1.82) is 0 Å². The van der Waals surface area contributed by atoms with E-state index >= 15 is 0 Å². The van der Waals surface area contributed by atoms with E-state index in [1.165, 1.54) is 51.5 Å². The second-order valence-corrected chi connectivity index (χ2v) is 6.24. The molecule has 3 atom stereocenters. The van der Waals surface area contributed by atoms with Crippen LogP contribution in [0.5, 0.6) is 0 Å². The number of hydrogen-bond donors (Lipinski definition) is 1. The van der Waals surface area contributed by atoms with Gasteiger partial charge in [0, 0.05) is 18.6 Å². The van der Waals surface area contributed by atoms with Gasteiger partial charge >= 0.3 is 0 Å². The van der Waals surface area contributed by atoms with Crippen LogP contribution in [0.4, 0.5) is 0 Å². The zero-order chi connectivity index (χ0) is 13.4. The monoisotopic (exact) mass is 254 g/mol. The largest absolute Gasteiger partial charge is 0.315 e. The van der Waals surface area contributed by atoms with Gasteiger partial charge in [-0.3, -0.25) is 4.90 Å². The Balaban J connectivity index is 2.43. The Morgan fingerprint density at radius 1 is 1.22 bits per heavy atom. The van der Waals surface area contributed by atoms with Crippen LogP contribution in [0, 0.1) is 5.92 Å². The molecule has 0 aromatic heterocycles. The van der Waals surface area contributed by atoms with Crippen molar-refractivity contribution in [3.63, 3.8) is 0 Å². The predicted octanol–water partition coefficient (Wildman–Crippen LogP) is 3.67. The Labute approximate surface area is 115 Å². The van der Waals surface area contributed by atoms with Gasteiger partial charge in [-0.05, 0) is 45.2 Å². The quantitative estimate of drug-likeness (QED) is 0.665. The molecule has 0 heterocycles. The summed E-state index contributed by atoms with van der Waals surface area (Å²) in [6.45, 7) is 9.31. The Morgan fingerprint density at radius 2 is 2.00 bits per heavy atom. The molecule has 1 aliphatic carbocycles. The molecule has 0 bridgehead atoms. The van der Waals surface area contributed by atoms with Gasteiger partial charge in [0.05, 0.1) is 0 Å². The summed E-state index contributed by atoms with van der Waals surface area (Å²) < 4.78 is 0. The van der Waals surface area contributed by atoms with Gasteiger partial charge in [-0.15, -0.1) is 0 Å². The van der Waals surface area contributed by atoms with Gasteiger partial charge < -0.3 is 5.32 Å². The molecule has 1 rings (SSSR count). The van der Waals surface area contributed by atoms with E-state index < -0.39 is 0 Å². The molecule has 108 valence electrons. The molecular weight excluding hydrogens is 220 g/mol. The average Bonchev–Trinajstić information content (AvgIpc) is 2.37. The highest BCUT2D eigenvalue weighted by atomic mass is 15.2. The maximum absolute atomic E-state index is 3.61. The van der Waals surface area contributed by atoms with E-state index in [-0.39, 0.29) is 0 Å². The Bertz CT molecular complexity index is 205. The van der Waals surface area contributed by atoms with Gasteiger partial charge in [0.15, 0.2) is 0 Å². The molecule has 1 aliphatic rings.